The van der Waals surface area contributed by atoms with E-state index in [9.17, 15) is 24.0 Å². The van der Waals surface area contributed by atoms with E-state index in [-0.39, 0.29) is 30.3 Å². The molecular formula is C48H62N4O10. The van der Waals surface area contributed by atoms with E-state index in [1.165, 1.54) is 0 Å². The lowest BCUT2D eigenvalue weighted by Crippen LogP contribution is -2.64. The fraction of sp³-hybridized carbons (Fsp3) is 0.479. The average Bonchev–Trinajstić information content (AvgIpc) is 3.70. The van der Waals surface area contributed by atoms with Crippen molar-refractivity contribution in [2.45, 2.75) is 99.2 Å². The summed E-state index contributed by atoms with van der Waals surface area (Å²) in [5, 5.41) is 7.36. The second-order valence-electron chi connectivity index (χ2n) is 16.2. The number of aryl methyl sites for hydroxylation is 2. The summed E-state index contributed by atoms with van der Waals surface area (Å²) in [5.74, 6) is 1.73. The fourth-order valence-electron chi connectivity index (χ4n) is 8.54. The maximum Gasteiger partial charge on any atom is 0.328 e. The highest BCUT2D eigenvalue weighted by atomic mass is 16.5. The van der Waals surface area contributed by atoms with Gasteiger partial charge in [0.15, 0.2) is 17.3 Å². The lowest BCUT2D eigenvalue weighted by atomic mass is 9.70. The molecule has 14 nitrogen and oxygen atoms in total. The van der Waals surface area contributed by atoms with Crippen molar-refractivity contribution >= 4 is 35.2 Å². The Hall–Kier alpha value is -5.89. The quantitative estimate of drug-likeness (QED) is 0.122. The molecule has 4 aliphatic heterocycles. The molecule has 62 heavy (non-hydrogen) atoms. The van der Waals surface area contributed by atoms with Crippen molar-refractivity contribution in [3.05, 3.63) is 82.4 Å². The van der Waals surface area contributed by atoms with E-state index in [1.54, 1.807) is 33.3 Å². The topological polar surface area (TPSA) is 171 Å². The molecule has 4 aliphatic rings. The molecular weight excluding hydrogens is 793 g/mol. The van der Waals surface area contributed by atoms with Crippen LogP contribution in [0.1, 0.15) is 99.3 Å². The van der Waals surface area contributed by atoms with Crippen molar-refractivity contribution < 1.29 is 47.7 Å². The van der Waals surface area contributed by atoms with Crippen molar-refractivity contribution in [1.82, 2.24) is 15.5 Å². The number of fused-ring (bicyclic) bond motifs is 6. The summed E-state index contributed by atoms with van der Waals surface area (Å²) in [4.78, 5) is 62.3. The van der Waals surface area contributed by atoms with Crippen LogP contribution in [0, 0.1) is 25.2 Å². The minimum atomic E-state index is -1.09. The Kier molecular flexibility index (Phi) is 15.5. The molecule has 0 aliphatic carbocycles. The number of carbonyl (C=O) groups is 5. The van der Waals surface area contributed by atoms with Gasteiger partial charge in [-0.2, -0.15) is 0 Å². The Morgan fingerprint density at radius 2 is 1.56 bits per heavy atom. The van der Waals surface area contributed by atoms with Crippen LogP contribution >= 0.6 is 0 Å². The number of urea groups is 1. The highest BCUT2D eigenvalue weighted by Crippen LogP contribution is 2.50. The first-order valence-corrected chi connectivity index (χ1v) is 21.4. The van der Waals surface area contributed by atoms with Crippen LogP contribution in [0.15, 0.2) is 54.6 Å². The van der Waals surface area contributed by atoms with Gasteiger partial charge in [0.2, 0.25) is 17.7 Å². The maximum atomic E-state index is 13.5. The predicted octanol–water partition coefficient (Wildman–Crippen LogP) is 7.47. The first-order valence-electron chi connectivity index (χ1n) is 21.4. The number of ether oxygens (including phenoxy) is 5. The van der Waals surface area contributed by atoms with Gasteiger partial charge >= 0.3 is 6.03 Å². The summed E-state index contributed by atoms with van der Waals surface area (Å²) in [6.07, 6.45) is 2.24. The Morgan fingerprint density at radius 1 is 0.935 bits per heavy atom. The van der Waals surface area contributed by atoms with E-state index in [1.807, 2.05) is 65.0 Å². The molecule has 4 heterocycles. The smallest absolute Gasteiger partial charge is 0.328 e. The van der Waals surface area contributed by atoms with Crippen LogP contribution in [0.2, 0.25) is 0 Å². The molecule has 0 spiro atoms. The molecule has 334 valence electrons. The van der Waals surface area contributed by atoms with E-state index in [0.717, 1.165) is 65.2 Å². The van der Waals surface area contributed by atoms with Crippen LogP contribution in [-0.4, -0.2) is 87.1 Å². The molecule has 7 rings (SSSR count). The number of nitrogens with zero attached hydrogens (tertiary/aromatic N) is 1. The van der Waals surface area contributed by atoms with Crippen LogP contribution in [0.4, 0.5) is 10.5 Å². The van der Waals surface area contributed by atoms with Gasteiger partial charge < -0.3 is 29.0 Å². The molecule has 4 atom stereocenters. The minimum Gasteiger partial charge on any atom is -0.493 e. The van der Waals surface area contributed by atoms with Crippen molar-refractivity contribution in [3.8, 4) is 28.7 Å². The summed E-state index contributed by atoms with van der Waals surface area (Å²) >= 11 is 0. The zero-order valence-corrected chi connectivity index (χ0v) is 37.7. The number of Topliss-reactive ketones (excluding diaryl/α,β-unsaturated/α-hetero) is 1. The molecule has 1 saturated heterocycles. The normalized spacial score (nSPS) is 19.4. The second kappa shape index (κ2) is 20.3. The molecule has 3 aromatic rings. The van der Waals surface area contributed by atoms with Crippen molar-refractivity contribution in [2.75, 3.05) is 45.8 Å². The number of para-hydroxylation sites is 1. The monoisotopic (exact) mass is 854 g/mol. The van der Waals surface area contributed by atoms with Gasteiger partial charge in [0, 0.05) is 29.3 Å². The SMILES string of the molecule is C=C(C)[C@H]1Cc2c(ccc3c2O[C@@H]2COc4cc(OC)c(OC)cc4[C@@H]2C3=O)O1.CCCC(C)C1(CC)C(=O)NC(=O)NC1=O.CCN(CC)CC(=O)Nc1c(C)cccc1C. The van der Waals surface area contributed by atoms with Crippen molar-refractivity contribution in [3.63, 3.8) is 0 Å². The number of amides is 5. The maximum absolute atomic E-state index is 13.5. The largest absolute Gasteiger partial charge is 0.493 e. The Balaban J connectivity index is 0.000000190. The molecule has 14 heteroatoms. The number of imide groups is 2. The van der Waals surface area contributed by atoms with E-state index in [4.69, 9.17) is 23.7 Å². The van der Waals surface area contributed by atoms with Gasteiger partial charge in [-0.05, 0) is 87.5 Å². The molecule has 3 aromatic carbocycles. The lowest BCUT2D eigenvalue weighted by Gasteiger charge is -2.37. The van der Waals surface area contributed by atoms with Crippen LogP contribution in [0.5, 0.6) is 28.7 Å². The molecule has 1 unspecified atom stereocenters. The Bertz CT molecular complexity index is 2160. The molecule has 0 saturated carbocycles. The minimum absolute atomic E-state index is 0.0228. The molecule has 3 N–H and O–H groups in total. The van der Waals surface area contributed by atoms with Gasteiger partial charge in [0.1, 0.15) is 41.5 Å². The number of barbiturate groups is 1. The summed E-state index contributed by atoms with van der Waals surface area (Å²) in [6.45, 7) is 22.3. The first kappa shape index (κ1) is 47.2. The number of rotatable bonds is 12. The zero-order chi connectivity index (χ0) is 45.5. The van der Waals surface area contributed by atoms with Crippen LogP contribution in [0.3, 0.4) is 0 Å². The summed E-state index contributed by atoms with van der Waals surface area (Å²) in [5.41, 5.74) is 5.29. The third-order valence-electron chi connectivity index (χ3n) is 12.3. The number of hydrogen-bond acceptors (Lipinski definition) is 11. The van der Waals surface area contributed by atoms with Gasteiger partial charge in [-0.15, -0.1) is 0 Å². The number of methoxy groups -OCH3 is 2. The molecule has 0 aromatic heterocycles. The zero-order valence-electron chi connectivity index (χ0n) is 37.7. The summed E-state index contributed by atoms with van der Waals surface area (Å²) in [6, 6.07) is 12.5. The highest BCUT2D eigenvalue weighted by Gasteiger charge is 2.52. The third kappa shape index (κ3) is 9.60. The standard InChI is InChI=1S/C23H22O6.C14H22N2O.C11H18N2O3/c1-11(2)16-8-14-15(28-16)6-5-12-22(24)21-13-7-18(25-3)19(26-4)9-17(13)27-10-20(21)29-23(12)14;1-5-16(6-2)10-13(17)15-14-11(3)8-7-9-12(14)4;1-4-6-7(3)11(5-2)8(14)12-10(16)13-9(11)15/h5-7,9,16,20-21H,1,8,10H2,2-4H3;7-9H,5-6,10H2,1-4H3,(H,15,17);7H,4-6H2,1-3H3,(H2,12,13,14,15,16)/t16-,20-,21+;;/m1../s1. The van der Waals surface area contributed by atoms with Crippen LogP contribution in [-0.2, 0) is 20.8 Å². The van der Waals surface area contributed by atoms with Gasteiger partial charge in [-0.3, -0.25) is 34.7 Å². The Labute approximate surface area is 365 Å². The predicted molar refractivity (Wildman–Crippen MR) is 237 cm³/mol. The van der Waals surface area contributed by atoms with Gasteiger partial charge in [0.05, 0.1) is 32.2 Å². The number of ketones is 1. The van der Waals surface area contributed by atoms with E-state index < -0.39 is 35.3 Å². The van der Waals surface area contributed by atoms with E-state index in [0.29, 0.717) is 47.9 Å². The molecule has 0 bridgehead atoms. The number of carbonyl (C=O) groups excluding carboxylic acids is 5. The molecule has 0 radical (unpaired) electrons. The van der Waals surface area contributed by atoms with E-state index >= 15 is 0 Å². The second-order valence-corrected chi connectivity index (χ2v) is 16.2. The highest BCUT2D eigenvalue weighted by molar-refractivity contribution is 6.19. The van der Waals surface area contributed by atoms with E-state index in [2.05, 4.69) is 41.3 Å². The van der Waals surface area contributed by atoms with Gasteiger partial charge in [-0.1, -0.05) is 65.8 Å². The molecule has 1 fully saturated rings. The lowest BCUT2D eigenvalue weighted by molar-refractivity contribution is -0.148. The summed E-state index contributed by atoms with van der Waals surface area (Å²) in [7, 11) is 3.14. The summed E-state index contributed by atoms with van der Waals surface area (Å²) < 4.78 is 29.0. The number of likely N-dealkylation sites (N-methyl/N-ethyl adjacent to an activating group) is 1. The molecule has 5 amide bonds. The first-order chi connectivity index (χ1) is 29.6. The van der Waals surface area contributed by atoms with Crippen molar-refractivity contribution in [1.29, 1.82) is 0 Å². The Morgan fingerprint density at radius 3 is 2.13 bits per heavy atom. The number of hydrogen-bond donors (Lipinski definition) is 3. The number of benzene rings is 3. The van der Waals surface area contributed by atoms with Crippen LogP contribution in [0.25, 0.3) is 0 Å². The third-order valence-corrected chi connectivity index (χ3v) is 12.3. The number of nitrogens with one attached hydrogen (secondary N) is 3. The van der Waals surface area contributed by atoms with Gasteiger partial charge in [-0.25, -0.2) is 4.79 Å². The average molecular weight is 855 g/mol. The van der Waals surface area contributed by atoms with Crippen LogP contribution < -0.4 is 39.6 Å². The van der Waals surface area contributed by atoms with Gasteiger partial charge in [0.25, 0.3) is 0 Å². The number of anilines is 1. The van der Waals surface area contributed by atoms with Crippen molar-refractivity contribution in [2.24, 2.45) is 11.3 Å². The fourth-order valence-corrected chi connectivity index (χ4v) is 8.54.